The summed E-state index contributed by atoms with van der Waals surface area (Å²) < 4.78 is 13.6. The number of aliphatic hydroxyl groups is 1. The lowest BCUT2D eigenvalue weighted by atomic mass is 9.89. The van der Waals surface area contributed by atoms with Crippen molar-refractivity contribution >= 4 is 11.8 Å². The third-order valence-electron chi connectivity index (χ3n) is 9.87. The van der Waals surface area contributed by atoms with Crippen molar-refractivity contribution in [2.45, 2.75) is 103 Å². The van der Waals surface area contributed by atoms with Crippen molar-refractivity contribution < 1.29 is 24.2 Å². The fraction of sp³-hybridized carbons (Fsp3) is 0.512. The lowest BCUT2D eigenvalue weighted by molar-refractivity contribution is -0.276. The smallest absolute Gasteiger partial charge is 0.220 e. The number of carbonyl (C=O) groups excluding carboxylic acids is 2. The summed E-state index contributed by atoms with van der Waals surface area (Å²) in [7, 11) is 0. The highest BCUT2D eigenvalue weighted by Crippen LogP contribution is 2.42. The molecule has 3 N–H and O–H groups in total. The van der Waals surface area contributed by atoms with Gasteiger partial charge in [0.05, 0.1) is 18.8 Å². The first-order valence-electron chi connectivity index (χ1n) is 18.3. The highest BCUT2D eigenvalue weighted by Gasteiger charge is 2.39. The van der Waals surface area contributed by atoms with Crippen molar-refractivity contribution in [3.63, 3.8) is 0 Å². The van der Waals surface area contributed by atoms with E-state index in [-0.39, 0.29) is 36.5 Å². The Morgan fingerprint density at radius 1 is 0.796 bits per heavy atom. The molecule has 264 valence electrons. The van der Waals surface area contributed by atoms with E-state index in [1.54, 1.807) is 0 Å². The van der Waals surface area contributed by atoms with E-state index in [9.17, 15) is 14.7 Å². The zero-order chi connectivity index (χ0) is 34.4. The molecule has 0 aliphatic carbocycles. The molecule has 2 amide bonds. The van der Waals surface area contributed by atoms with Crippen LogP contribution in [0.15, 0.2) is 72.8 Å². The SMILES string of the molecule is CC(=O)NCCCCCC(=O)NCc1cccc(-c2cccc([C@@H]3O[C@H](CN4CCCCCCC4)[C@H](C)[C@H](c4ccc(CO)cc4)O3)c2)c1. The van der Waals surface area contributed by atoms with Gasteiger partial charge in [0.1, 0.15) is 0 Å². The Bertz CT molecular complexity index is 1470. The third-order valence-corrected chi connectivity index (χ3v) is 9.87. The molecule has 2 aliphatic heterocycles. The highest BCUT2D eigenvalue weighted by atomic mass is 16.7. The molecule has 3 aromatic carbocycles. The average molecular weight is 670 g/mol. The van der Waals surface area contributed by atoms with E-state index in [1.165, 1.54) is 39.0 Å². The Labute approximate surface area is 292 Å². The van der Waals surface area contributed by atoms with E-state index >= 15 is 0 Å². The Kier molecular flexibility index (Phi) is 14.2. The van der Waals surface area contributed by atoms with Crippen LogP contribution in [0.4, 0.5) is 0 Å². The van der Waals surface area contributed by atoms with Gasteiger partial charge in [0.15, 0.2) is 6.29 Å². The number of unbranched alkanes of at least 4 members (excludes halogenated alkanes) is 2. The Morgan fingerprint density at radius 3 is 2.24 bits per heavy atom. The largest absolute Gasteiger partial charge is 0.392 e. The van der Waals surface area contributed by atoms with Crippen LogP contribution in [0, 0.1) is 5.92 Å². The molecule has 4 atom stereocenters. The summed E-state index contributed by atoms with van der Waals surface area (Å²) in [5, 5.41) is 15.5. The molecule has 0 saturated carbocycles. The quantitative estimate of drug-likeness (QED) is 0.157. The third kappa shape index (κ3) is 11.2. The lowest BCUT2D eigenvalue weighted by Crippen LogP contribution is -2.45. The van der Waals surface area contributed by atoms with Crippen LogP contribution in [0.3, 0.4) is 0 Å². The van der Waals surface area contributed by atoms with Crippen LogP contribution in [-0.4, -0.2) is 54.1 Å². The zero-order valence-corrected chi connectivity index (χ0v) is 29.4. The molecular formula is C41H55N3O5. The number of aliphatic hydroxyl groups excluding tert-OH is 1. The second kappa shape index (κ2) is 19.0. The Morgan fingerprint density at radius 2 is 1.51 bits per heavy atom. The van der Waals surface area contributed by atoms with Crippen LogP contribution in [0.1, 0.15) is 106 Å². The van der Waals surface area contributed by atoms with Crippen LogP contribution in [0.2, 0.25) is 0 Å². The predicted molar refractivity (Wildman–Crippen MR) is 193 cm³/mol. The molecule has 0 bridgehead atoms. The minimum Gasteiger partial charge on any atom is -0.392 e. The minimum atomic E-state index is -0.515. The van der Waals surface area contributed by atoms with Crippen LogP contribution in [-0.2, 0) is 32.2 Å². The number of nitrogens with one attached hydrogen (secondary N) is 2. The summed E-state index contributed by atoms with van der Waals surface area (Å²) in [5.41, 5.74) is 6.16. The molecule has 5 rings (SSSR count). The van der Waals surface area contributed by atoms with Gasteiger partial charge in [0, 0.05) is 44.5 Å². The Hall–Kier alpha value is -3.56. The zero-order valence-electron chi connectivity index (χ0n) is 29.4. The summed E-state index contributed by atoms with van der Waals surface area (Å²) in [4.78, 5) is 26.1. The molecule has 0 spiro atoms. The number of benzene rings is 3. The van der Waals surface area contributed by atoms with Crippen molar-refractivity contribution in [3.05, 3.63) is 95.1 Å². The summed E-state index contributed by atoms with van der Waals surface area (Å²) in [6, 6.07) is 24.9. The number of likely N-dealkylation sites (tertiary alicyclic amines) is 1. The van der Waals surface area contributed by atoms with Gasteiger partial charge in [0.2, 0.25) is 11.8 Å². The predicted octanol–water partition coefficient (Wildman–Crippen LogP) is 7.22. The first-order valence-corrected chi connectivity index (χ1v) is 18.3. The van der Waals surface area contributed by atoms with Gasteiger partial charge in [-0.15, -0.1) is 0 Å². The first kappa shape index (κ1) is 36.7. The molecule has 0 unspecified atom stereocenters. The van der Waals surface area contributed by atoms with Crippen LogP contribution < -0.4 is 10.6 Å². The maximum atomic E-state index is 12.5. The molecule has 3 aromatic rings. The molecule has 8 nitrogen and oxygen atoms in total. The summed E-state index contributed by atoms with van der Waals surface area (Å²) in [5.74, 6) is 0.175. The van der Waals surface area contributed by atoms with Gasteiger partial charge in [-0.25, -0.2) is 0 Å². The maximum Gasteiger partial charge on any atom is 0.220 e. The number of nitrogens with zero attached hydrogens (tertiary/aromatic N) is 1. The van der Waals surface area contributed by atoms with Crippen LogP contribution >= 0.6 is 0 Å². The van der Waals surface area contributed by atoms with E-state index in [4.69, 9.17) is 9.47 Å². The van der Waals surface area contributed by atoms with Crippen molar-refractivity contribution in [2.24, 2.45) is 5.92 Å². The maximum absolute atomic E-state index is 12.5. The number of amides is 2. The van der Waals surface area contributed by atoms with Crippen molar-refractivity contribution in [1.29, 1.82) is 0 Å². The lowest BCUT2D eigenvalue weighted by Gasteiger charge is -2.43. The number of hydrogen-bond donors (Lipinski definition) is 3. The molecule has 49 heavy (non-hydrogen) atoms. The molecule has 0 aromatic heterocycles. The monoisotopic (exact) mass is 669 g/mol. The molecule has 2 aliphatic rings. The molecule has 2 fully saturated rings. The van der Waals surface area contributed by atoms with Gasteiger partial charge in [-0.1, -0.05) is 93.3 Å². The number of rotatable bonds is 14. The summed E-state index contributed by atoms with van der Waals surface area (Å²) >= 11 is 0. The fourth-order valence-electron chi connectivity index (χ4n) is 6.94. The van der Waals surface area contributed by atoms with Crippen molar-refractivity contribution in [1.82, 2.24) is 15.5 Å². The fourth-order valence-corrected chi connectivity index (χ4v) is 6.94. The average Bonchev–Trinajstić information content (AvgIpc) is 3.11. The number of ether oxygens (including phenoxy) is 2. The van der Waals surface area contributed by atoms with Crippen LogP contribution in [0.25, 0.3) is 11.1 Å². The Balaban J connectivity index is 1.26. The van der Waals surface area contributed by atoms with Gasteiger partial charge < -0.3 is 30.1 Å². The van der Waals surface area contributed by atoms with E-state index < -0.39 is 6.29 Å². The van der Waals surface area contributed by atoms with E-state index in [2.05, 4.69) is 71.0 Å². The van der Waals surface area contributed by atoms with Gasteiger partial charge >= 0.3 is 0 Å². The molecular weight excluding hydrogens is 614 g/mol. The van der Waals surface area contributed by atoms with E-state index in [0.717, 1.165) is 72.3 Å². The minimum absolute atomic E-state index is 0.00787. The topological polar surface area (TPSA) is 100 Å². The molecule has 0 radical (unpaired) electrons. The van der Waals surface area contributed by atoms with Crippen molar-refractivity contribution in [2.75, 3.05) is 26.2 Å². The van der Waals surface area contributed by atoms with E-state index in [1.807, 2.05) is 24.3 Å². The number of carbonyl (C=O) groups is 2. The van der Waals surface area contributed by atoms with Gasteiger partial charge in [-0.05, 0) is 78.7 Å². The van der Waals surface area contributed by atoms with Gasteiger partial charge in [0.25, 0.3) is 0 Å². The molecule has 8 heteroatoms. The van der Waals surface area contributed by atoms with Crippen LogP contribution in [0.5, 0.6) is 0 Å². The highest BCUT2D eigenvalue weighted by molar-refractivity contribution is 5.76. The normalized spacial score (nSPS) is 21.8. The van der Waals surface area contributed by atoms with Gasteiger partial charge in [-0.2, -0.15) is 0 Å². The summed E-state index contributed by atoms with van der Waals surface area (Å²) in [6.07, 6.45) is 8.82. The van der Waals surface area contributed by atoms with Gasteiger partial charge in [-0.3, -0.25) is 9.59 Å². The number of hydrogen-bond acceptors (Lipinski definition) is 6. The first-order chi connectivity index (χ1) is 23.9. The molecule has 2 saturated heterocycles. The van der Waals surface area contributed by atoms with E-state index in [0.29, 0.717) is 19.5 Å². The van der Waals surface area contributed by atoms with Crippen molar-refractivity contribution in [3.8, 4) is 11.1 Å². The standard InChI is InChI=1S/C41H55N3O5/c1-30-38(28-44-23-9-4-3-5-10-24-44)48-41(49-40(30)34-20-18-32(29-45)19-21-34)37-16-12-15-36(26-37)35-14-11-13-33(25-35)27-43-39(47)17-7-6-8-22-42-31(2)46/h11-16,18-21,25-26,30,38,40-41,45H,3-10,17,22-24,27-29H2,1-2H3,(H,42,46)(H,43,47)/t30-,38+,40+,41+/m0/s1. The second-order valence-electron chi connectivity index (χ2n) is 13.8. The second-order valence-corrected chi connectivity index (χ2v) is 13.8. The summed E-state index contributed by atoms with van der Waals surface area (Å²) in [6.45, 7) is 8.01. The molecule has 2 heterocycles.